The van der Waals surface area contributed by atoms with Crippen LogP contribution in [0.4, 0.5) is 4.79 Å². The summed E-state index contributed by atoms with van der Waals surface area (Å²) in [4.78, 5) is 25.4. The molecule has 0 radical (unpaired) electrons. The Labute approximate surface area is 206 Å². The van der Waals surface area contributed by atoms with Gasteiger partial charge in [-0.1, -0.05) is 91.0 Å². The fraction of sp³-hybridized carbons (Fsp3) is 0.259. The molecule has 0 aliphatic carbocycles. The van der Waals surface area contributed by atoms with E-state index in [1.165, 1.54) is 0 Å². The number of hydrogen-bond donors (Lipinski definition) is 2. The molecule has 2 N–H and O–H groups in total. The first-order valence-corrected chi connectivity index (χ1v) is 13.4. The van der Waals surface area contributed by atoms with E-state index in [0.29, 0.717) is 0 Å². The van der Waals surface area contributed by atoms with Crippen molar-refractivity contribution in [2.75, 3.05) is 18.6 Å². The third-order valence-corrected chi connectivity index (χ3v) is 6.46. The third kappa shape index (κ3) is 8.90. The topological polar surface area (TPSA) is 102 Å². The fourth-order valence-corrected chi connectivity index (χ4v) is 4.30. The minimum atomic E-state index is -3.33. The average molecular weight is 495 g/mol. The van der Waals surface area contributed by atoms with Crippen LogP contribution in [0.3, 0.4) is 0 Å². The third-order valence-electron chi connectivity index (χ3n) is 5.48. The zero-order valence-corrected chi connectivity index (χ0v) is 20.4. The summed E-state index contributed by atoms with van der Waals surface area (Å²) in [5, 5.41) is 5.42. The predicted molar refractivity (Wildman–Crippen MR) is 136 cm³/mol. The number of carbonyl (C=O) groups excluding carboxylic acids is 2. The monoisotopic (exact) mass is 494 g/mol. The maximum Gasteiger partial charge on any atom is 0.408 e. The number of sulfone groups is 1. The van der Waals surface area contributed by atoms with Gasteiger partial charge in [0, 0.05) is 18.7 Å². The van der Waals surface area contributed by atoms with E-state index in [0.717, 1.165) is 22.9 Å². The van der Waals surface area contributed by atoms with Crippen LogP contribution in [0, 0.1) is 0 Å². The van der Waals surface area contributed by atoms with Crippen molar-refractivity contribution in [3.05, 3.63) is 108 Å². The molecule has 7 nitrogen and oxygen atoms in total. The Kier molecular flexibility index (Phi) is 9.43. The Morgan fingerprint density at radius 2 is 1.34 bits per heavy atom. The Balaban J connectivity index is 1.67. The lowest BCUT2D eigenvalue weighted by Gasteiger charge is -2.22. The van der Waals surface area contributed by atoms with Crippen molar-refractivity contribution in [1.82, 2.24) is 10.6 Å². The highest BCUT2D eigenvalue weighted by Crippen LogP contribution is 2.23. The molecule has 0 aliphatic rings. The number of benzene rings is 3. The minimum Gasteiger partial charge on any atom is -0.445 e. The summed E-state index contributed by atoms with van der Waals surface area (Å²) in [6.45, 7) is 0.320. The Morgan fingerprint density at radius 1 is 0.829 bits per heavy atom. The zero-order valence-electron chi connectivity index (χ0n) is 19.6. The summed E-state index contributed by atoms with van der Waals surface area (Å²) in [5.41, 5.74) is 2.86. The highest BCUT2D eigenvalue weighted by atomic mass is 32.2. The molecular formula is C27H30N2O5S. The van der Waals surface area contributed by atoms with Gasteiger partial charge < -0.3 is 15.4 Å². The maximum atomic E-state index is 13.1. The van der Waals surface area contributed by atoms with E-state index in [4.69, 9.17) is 4.74 Å². The van der Waals surface area contributed by atoms with Crippen LogP contribution in [0.25, 0.3) is 0 Å². The van der Waals surface area contributed by atoms with Gasteiger partial charge in [-0.2, -0.15) is 0 Å². The van der Waals surface area contributed by atoms with Crippen LogP contribution in [0.15, 0.2) is 91.0 Å². The summed E-state index contributed by atoms with van der Waals surface area (Å²) in [6.07, 6.45) is 0.244. The Bertz CT molecular complexity index is 1150. The van der Waals surface area contributed by atoms with E-state index in [1.807, 2.05) is 91.0 Å². The van der Waals surface area contributed by atoms with Crippen LogP contribution in [-0.4, -0.2) is 45.0 Å². The molecule has 0 aliphatic heterocycles. The van der Waals surface area contributed by atoms with Gasteiger partial charge in [0.2, 0.25) is 5.91 Å². The lowest BCUT2D eigenvalue weighted by Crippen LogP contribution is -2.48. The molecule has 0 aromatic heterocycles. The number of ether oxygens (including phenoxy) is 1. The lowest BCUT2D eigenvalue weighted by molar-refractivity contribution is -0.123. The van der Waals surface area contributed by atoms with Crippen molar-refractivity contribution in [3.8, 4) is 0 Å². The number of rotatable bonds is 11. The summed E-state index contributed by atoms with van der Waals surface area (Å²) < 4.78 is 28.7. The van der Waals surface area contributed by atoms with Crippen molar-refractivity contribution in [2.24, 2.45) is 0 Å². The van der Waals surface area contributed by atoms with Crippen molar-refractivity contribution in [3.63, 3.8) is 0 Å². The van der Waals surface area contributed by atoms with E-state index in [-0.39, 0.29) is 31.2 Å². The van der Waals surface area contributed by atoms with Gasteiger partial charge in [0.25, 0.3) is 0 Å². The molecule has 0 saturated heterocycles. The van der Waals surface area contributed by atoms with Gasteiger partial charge >= 0.3 is 6.09 Å². The van der Waals surface area contributed by atoms with Crippen molar-refractivity contribution < 1.29 is 22.7 Å². The lowest BCUT2D eigenvalue weighted by atomic mass is 9.91. The first-order valence-electron chi connectivity index (χ1n) is 11.3. The molecule has 184 valence electrons. The summed E-state index contributed by atoms with van der Waals surface area (Å²) >= 11 is 0. The molecular weight excluding hydrogens is 464 g/mol. The standard InChI is InChI=1S/C27H30N2O5S/c1-35(32,33)18-17-25(29-27(31)34-20-21-11-5-2-6-12-21)26(30)28-19-24(22-13-7-3-8-14-22)23-15-9-4-10-16-23/h2-16,24-25H,17-20H2,1H3,(H,28,30)(H,29,31). The Morgan fingerprint density at radius 3 is 1.86 bits per heavy atom. The largest absolute Gasteiger partial charge is 0.445 e. The fourth-order valence-electron chi connectivity index (χ4n) is 3.63. The molecule has 35 heavy (non-hydrogen) atoms. The zero-order chi connectivity index (χ0) is 25.1. The van der Waals surface area contributed by atoms with Crippen LogP contribution in [0.5, 0.6) is 0 Å². The normalized spacial score (nSPS) is 12.1. The molecule has 0 spiro atoms. The number of alkyl carbamates (subject to hydrolysis) is 1. The second-order valence-electron chi connectivity index (χ2n) is 8.30. The molecule has 2 amide bonds. The first kappa shape index (κ1) is 26.0. The minimum absolute atomic E-state index is 0.0389. The van der Waals surface area contributed by atoms with Gasteiger partial charge in [-0.05, 0) is 23.1 Å². The van der Waals surface area contributed by atoms with Gasteiger partial charge in [0.15, 0.2) is 0 Å². The summed E-state index contributed by atoms with van der Waals surface area (Å²) in [6, 6.07) is 27.6. The SMILES string of the molecule is CS(=O)(=O)CCC(NC(=O)OCc1ccccc1)C(=O)NCC(c1ccccc1)c1ccccc1. The van der Waals surface area contributed by atoms with Crippen LogP contribution in [0.2, 0.25) is 0 Å². The summed E-state index contributed by atoms with van der Waals surface area (Å²) in [7, 11) is -3.33. The average Bonchev–Trinajstić information content (AvgIpc) is 2.86. The molecule has 1 unspecified atom stereocenters. The second-order valence-corrected chi connectivity index (χ2v) is 10.6. The highest BCUT2D eigenvalue weighted by Gasteiger charge is 2.24. The van der Waals surface area contributed by atoms with Gasteiger partial charge in [0.05, 0.1) is 5.75 Å². The molecule has 0 bridgehead atoms. The van der Waals surface area contributed by atoms with Crippen LogP contribution >= 0.6 is 0 Å². The van der Waals surface area contributed by atoms with Crippen LogP contribution in [-0.2, 0) is 26.0 Å². The van der Waals surface area contributed by atoms with Crippen LogP contribution in [0.1, 0.15) is 29.0 Å². The van der Waals surface area contributed by atoms with Crippen molar-refractivity contribution in [2.45, 2.75) is 25.0 Å². The van der Waals surface area contributed by atoms with Gasteiger partial charge in [-0.25, -0.2) is 13.2 Å². The van der Waals surface area contributed by atoms with Gasteiger partial charge in [0.1, 0.15) is 22.5 Å². The number of carbonyl (C=O) groups is 2. The van der Waals surface area contributed by atoms with Crippen molar-refractivity contribution >= 4 is 21.8 Å². The highest BCUT2D eigenvalue weighted by molar-refractivity contribution is 7.90. The molecule has 3 aromatic carbocycles. The molecule has 1 atom stereocenters. The quantitative estimate of drug-likeness (QED) is 0.424. The van der Waals surface area contributed by atoms with Crippen molar-refractivity contribution in [1.29, 1.82) is 0 Å². The number of nitrogens with one attached hydrogen (secondary N) is 2. The molecule has 3 aromatic rings. The maximum absolute atomic E-state index is 13.1. The van der Waals surface area contributed by atoms with E-state index in [1.54, 1.807) is 0 Å². The van der Waals surface area contributed by atoms with E-state index >= 15 is 0 Å². The molecule has 0 fully saturated rings. The first-order chi connectivity index (χ1) is 16.8. The smallest absolute Gasteiger partial charge is 0.408 e. The molecule has 0 saturated carbocycles. The van der Waals surface area contributed by atoms with E-state index in [2.05, 4.69) is 10.6 Å². The Hall–Kier alpha value is -3.65. The van der Waals surface area contributed by atoms with Gasteiger partial charge in [-0.3, -0.25) is 4.79 Å². The van der Waals surface area contributed by atoms with Crippen LogP contribution < -0.4 is 10.6 Å². The number of hydrogen-bond acceptors (Lipinski definition) is 5. The molecule has 8 heteroatoms. The number of amides is 2. The molecule has 0 heterocycles. The van der Waals surface area contributed by atoms with Gasteiger partial charge in [-0.15, -0.1) is 0 Å². The van der Waals surface area contributed by atoms with E-state index < -0.39 is 27.9 Å². The predicted octanol–water partition coefficient (Wildman–Crippen LogP) is 3.66. The van der Waals surface area contributed by atoms with E-state index in [9.17, 15) is 18.0 Å². The molecule has 3 rings (SSSR count). The second kappa shape index (κ2) is 12.7. The summed E-state index contributed by atoms with van der Waals surface area (Å²) in [5.74, 6) is -0.825.